The number of carbonyl (C=O) groups is 1. The number of ether oxygens (including phenoxy) is 1. The zero-order valence-electron chi connectivity index (χ0n) is 16.9. The molecule has 1 aliphatic heterocycles. The number of nitriles is 1. The summed E-state index contributed by atoms with van der Waals surface area (Å²) in [6, 6.07) is 9.56. The summed E-state index contributed by atoms with van der Waals surface area (Å²) >= 11 is 12.1. The Balaban J connectivity index is 2.01. The molecule has 2 N–H and O–H groups in total. The number of benzene rings is 2. The number of rotatable bonds is 5. The molecular weight excluding hydrogens is 481 g/mol. The summed E-state index contributed by atoms with van der Waals surface area (Å²) < 4.78 is 29.4. The molecular formula is C20H16Cl2F2N6O3. The van der Waals surface area contributed by atoms with E-state index in [4.69, 9.17) is 23.2 Å². The van der Waals surface area contributed by atoms with E-state index in [-0.39, 0.29) is 29.0 Å². The van der Waals surface area contributed by atoms with E-state index in [1.54, 1.807) is 24.4 Å². The van der Waals surface area contributed by atoms with Crippen LogP contribution in [0.4, 0.5) is 19.3 Å². The van der Waals surface area contributed by atoms with Gasteiger partial charge in [0.25, 0.3) is 0 Å². The number of hydrazone groups is 1. The largest absolute Gasteiger partial charge is 0.465 e. The van der Waals surface area contributed by atoms with Crippen LogP contribution in [0.25, 0.3) is 0 Å². The molecule has 13 heteroatoms. The number of halogens is 4. The van der Waals surface area contributed by atoms with Gasteiger partial charge in [-0.15, -0.1) is 0 Å². The van der Waals surface area contributed by atoms with E-state index in [2.05, 4.69) is 20.1 Å². The molecule has 1 unspecified atom stereocenters. The van der Waals surface area contributed by atoms with Gasteiger partial charge in [0, 0.05) is 18.7 Å². The zero-order valence-corrected chi connectivity index (χ0v) is 18.4. The molecule has 0 bridgehead atoms. The first kappa shape index (κ1) is 24.0. The Bertz CT molecular complexity index is 1150. The minimum atomic E-state index is -3.01. The van der Waals surface area contributed by atoms with Gasteiger partial charge in [0.1, 0.15) is 5.75 Å². The highest BCUT2D eigenvalue weighted by Gasteiger charge is 2.35. The van der Waals surface area contributed by atoms with Crippen LogP contribution in [0.2, 0.25) is 10.0 Å². The number of guanidine groups is 1. The first-order valence-corrected chi connectivity index (χ1v) is 10.0. The van der Waals surface area contributed by atoms with Crippen molar-refractivity contribution < 1.29 is 23.4 Å². The van der Waals surface area contributed by atoms with Crippen molar-refractivity contribution >= 4 is 46.7 Å². The van der Waals surface area contributed by atoms with E-state index >= 15 is 0 Å². The van der Waals surface area contributed by atoms with Crippen LogP contribution in [0, 0.1) is 11.5 Å². The summed E-state index contributed by atoms with van der Waals surface area (Å²) in [5.74, 6) is -0.169. The van der Waals surface area contributed by atoms with Gasteiger partial charge in [0.05, 0.1) is 34.0 Å². The molecule has 0 radical (unpaired) electrons. The van der Waals surface area contributed by atoms with Crippen molar-refractivity contribution in [1.82, 2.24) is 15.2 Å². The van der Waals surface area contributed by atoms with Gasteiger partial charge in [-0.2, -0.15) is 19.1 Å². The van der Waals surface area contributed by atoms with E-state index in [1.807, 2.05) is 0 Å². The summed E-state index contributed by atoms with van der Waals surface area (Å²) in [5.41, 5.74) is 1.07. The molecule has 1 aliphatic rings. The summed E-state index contributed by atoms with van der Waals surface area (Å²) in [5, 5.41) is 27.4. The second-order valence-corrected chi connectivity index (χ2v) is 7.47. The van der Waals surface area contributed by atoms with E-state index in [9.17, 15) is 23.9 Å². The minimum Gasteiger partial charge on any atom is -0.465 e. The highest BCUT2D eigenvalue weighted by atomic mass is 35.5. The second-order valence-electron chi connectivity index (χ2n) is 6.65. The van der Waals surface area contributed by atoms with E-state index in [0.717, 1.165) is 4.90 Å². The molecule has 0 spiro atoms. The van der Waals surface area contributed by atoms with Crippen LogP contribution in [0.1, 0.15) is 5.56 Å². The third-order valence-corrected chi connectivity index (χ3v) is 5.30. The van der Waals surface area contributed by atoms with Gasteiger partial charge in [0.15, 0.2) is 6.19 Å². The van der Waals surface area contributed by atoms with Crippen LogP contribution in [0.3, 0.4) is 0 Å². The van der Waals surface area contributed by atoms with Crippen molar-refractivity contribution in [1.29, 1.82) is 5.26 Å². The van der Waals surface area contributed by atoms with Crippen LogP contribution in [-0.2, 0) is 0 Å². The summed E-state index contributed by atoms with van der Waals surface area (Å²) in [4.78, 5) is 17.0. The van der Waals surface area contributed by atoms with Crippen molar-refractivity contribution in [2.75, 3.05) is 13.6 Å². The van der Waals surface area contributed by atoms with Gasteiger partial charge >= 0.3 is 12.7 Å². The molecule has 1 heterocycles. The van der Waals surface area contributed by atoms with Gasteiger partial charge in [-0.05, 0) is 24.3 Å². The number of likely N-dealkylation sites (N-methyl/N-ethyl adjacent to an activating group) is 1. The maximum Gasteiger partial charge on any atom is 0.407 e. The average Bonchev–Trinajstić information content (AvgIpc) is 3.20. The fraction of sp³-hybridized carbons (Fsp3) is 0.200. The number of nitrogens with zero attached hydrogens (tertiary/aromatic N) is 5. The lowest BCUT2D eigenvalue weighted by atomic mass is 10.0. The monoisotopic (exact) mass is 496 g/mol. The number of aliphatic imine (C=N–C) groups is 1. The molecule has 172 valence electrons. The molecule has 2 aromatic rings. The molecule has 1 atom stereocenters. The molecule has 0 fully saturated rings. The van der Waals surface area contributed by atoms with Gasteiger partial charge < -0.3 is 14.7 Å². The van der Waals surface area contributed by atoms with E-state index in [1.165, 1.54) is 36.3 Å². The quantitative estimate of drug-likeness (QED) is 0.275. The Hall–Kier alpha value is -3.62. The van der Waals surface area contributed by atoms with Crippen molar-refractivity contribution in [3.8, 4) is 11.9 Å². The Kier molecular flexibility index (Phi) is 7.52. The highest BCUT2D eigenvalue weighted by molar-refractivity contribution is 6.42. The number of amides is 1. The van der Waals surface area contributed by atoms with Gasteiger partial charge in [0.2, 0.25) is 5.96 Å². The van der Waals surface area contributed by atoms with Crippen molar-refractivity contribution in [2.24, 2.45) is 10.1 Å². The third-order valence-electron chi connectivity index (χ3n) is 4.56. The smallest absolute Gasteiger partial charge is 0.407 e. The number of hydrogen-bond acceptors (Lipinski definition) is 5. The molecule has 33 heavy (non-hydrogen) atoms. The minimum absolute atomic E-state index is 0.0130. The summed E-state index contributed by atoms with van der Waals surface area (Å²) in [6.07, 6.45) is 0.542. The fourth-order valence-corrected chi connectivity index (χ4v) is 3.32. The Morgan fingerprint density at radius 3 is 2.76 bits per heavy atom. The second kappa shape index (κ2) is 10.3. The molecule has 2 aromatic carbocycles. The van der Waals surface area contributed by atoms with Crippen molar-refractivity contribution in [3.05, 3.63) is 58.1 Å². The number of carboxylic acid groups (broad SMARTS) is 1. The lowest BCUT2D eigenvalue weighted by molar-refractivity contribution is -0.0498. The Morgan fingerprint density at radius 1 is 1.36 bits per heavy atom. The van der Waals surface area contributed by atoms with Crippen molar-refractivity contribution in [2.45, 2.75) is 12.7 Å². The molecule has 0 aromatic heterocycles. The first-order chi connectivity index (χ1) is 15.7. The molecule has 9 nitrogen and oxygen atoms in total. The molecule has 0 aliphatic carbocycles. The molecule has 3 rings (SSSR count). The standard InChI is InChI=1S/C20H16Cl2F2N6O3/c1-29(20(31)32)16-9-30(28-17(16)11-5-6-14(21)15(22)7-11)19(26-10-25)27-12-3-2-4-13(8-12)33-18(23)24/h2-8,16,18H,9H2,1H3,(H,26,27)(H,31,32). The lowest BCUT2D eigenvalue weighted by Crippen LogP contribution is -2.45. The van der Waals surface area contributed by atoms with Gasteiger partial charge in [-0.1, -0.05) is 35.3 Å². The SMILES string of the molecule is CN(C(=O)O)C1CN(C(=Nc2cccc(OC(F)F)c2)NC#N)N=C1c1ccc(Cl)c(Cl)c1. The average molecular weight is 497 g/mol. The number of alkyl halides is 2. The summed E-state index contributed by atoms with van der Waals surface area (Å²) in [6.45, 7) is -3.00. The zero-order chi connectivity index (χ0) is 24.1. The maximum absolute atomic E-state index is 12.5. The first-order valence-electron chi connectivity index (χ1n) is 9.25. The normalized spacial score (nSPS) is 15.8. The maximum atomic E-state index is 12.5. The topological polar surface area (TPSA) is 114 Å². The third kappa shape index (κ3) is 5.79. The van der Waals surface area contributed by atoms with Crippen LogP contribution < -0.4 is 10.1 Å². The van der Waals surface area contributed by atoms with Crippen LogP contribution in [0.15, 0.2) is 52.6 Å². The molecule has 0 saturated carbocycles. The van der Waals surface area contributed by atoms with Crippen LogP contribution in [0.5, 0.6) is 5.75 Å². The number of nitrogens with one attached hydrogen (secondary N) is 1. The predicted octanol–water partition coefficient (Wildman–Crippen LogP) is 4.35. The van der Waals surface area contributed by atoms with E-state index in [0.29, 0.717) is 16.3 Å². The van der Waals surface area contributed by atoms with Crippen LogP contribution >= 0.6 is 23.2 Å². The molecule has 0 saturated heterocycles. The highest BCUT2D eigenvalue weighted by Crippen LogP contribution is 2.27. The van der Waals surface area contributed by atoms with Crippen molar-refractivity contribution in [3.63, 3.8) is 0 Å². The van der Waals surface area contributed by atoms with Gasteiger partial charge in [-0.3, -0.25) is 5.32 Å². The lowest BCUT2D eigenvalue weighted by Gasteiger charge is -2.23. The predicted molar refractivity (Wildman–Crippen MR) is 118 cm³/mol. The number of hydrogen-bond donors (Lipinski definition) is 2. The van der Waals surface area contributed by atoms with Crippen LogP contribution in [-0.4, -0.2) is 59.0 Å². The Labute approximate surface area is 197 Å². The summed E-state index contributed by atoms with van der Waals surface area (Å²) in [7, 11) is 1.38. The molecule has 1 amide bonds. The van der Waals surface area contributed by atoms with E-state index < -0.39 is 18.7 Å². The van der Waals surface area contributed by atoms with Gasteiger partial charge in [-0.25, -0.2) is 14.8 Å². The Morgan fingerprint density at radius 2 is 2.12 bits per heavy atom. The fourth-order valence-electron chi connectivity index (χ4n) is 3.02.